The summed E-state index contributed by atoms with van der Waals surface area (Å²) >= 11 is 0. The molecule has 0 bridgehead atoms. The van der Waals surface area contributed by atoms with E-state index in [9.17, 15) is 5.11 Å². The Morgan fingerprint density at radius 1 is 1.38 bits per heavy atom. The second-order valence-corrected chi connectivity index (χ2v) is 6.84. The molecule has 0 saturated carbocycles. The molecular formula is C17H26O4. The van der Waals surface area contributed by atoms with E-state index in [1.165, 1.54) is 0 Å². The summed E-state index contributed by atoms with van der Waals surface area (Å²) in [5.41, 5.74) is 0.283. The van der Waals surface area contributed by atoms with Crippen LogP contribution < -0.4 is 9.47 Å². The molecule has 0 fully saturated rings. The van der Waals surface area contributed by atoms with E-state index in [0.717, 1.165) is 17.7 Å². The van der Waals surface area contributed by atoms with Crippen LogP contribution in [0, 0.1) is 0 Å². The molecule has 1 N–H and O–H groups in total. The van der Waals surface area contributed by atoms with Gasteiger partial charge in [0.2, 0.25) is 0 Å². The van der Waals surface area contributed by atoms with Crippen LogP contribution in [0.1, 0.15) is 52.2 Å². The second-order valence-electron chi connectivity index (χ2n) is 6.84. The van der Waals surface area contributed by atoms with Crippen molar-refractivity contribution in [2.75, 3.05) is 13.7 Å². The summed E-state index contributed by atoms with van der Waals surface area (Å²) < 4.78 is 17.1. The molecule has 1 atom stereocenters. The average molecular weight is 294 g/mol. The van der Waals surface area contributed by atoms with Crippen LogP contribution in [0.4, 0.5) is 0 Å². The number of methoxy groups -OCH3 is 1. The molecule has 0 amide bonds. The minimum absolute atomic E-state index is 0.192. The summed E-state index contributed by atoms with van der Waals surface area (Å²) in [7, 11) is 1.70. The van der Waals surface area contributed by atoms with E-state index in [0.29, 0.717) is 18.8 Å². The van der Waals surface area contributed by atoms with Crippen LogP contribution in [-0.4, -0.2) is 30.0 Å². The zero-order valence-corrected chi connectivity index (χ0v) is 13.6. The van der Waals surface area contributed by atoms with E-state index in [-0.39, 0.29) is 11.2 Å². The zero-order chi connectivity index (χ0) is 15.7. The molecule has 1 heterocycles. The van der Waals surface area contributed by atoms with Gasteiger partial charge in [0.15, 0.2) is 0 Å². The largest absolute Gasteiger partial charge is 0.493 e. The Hall–Kier alpha value is -1.26. The molecule has 21 heavy (non-hydrogen) atoms. The lowest BCUT2D eigenvalue weighted by Crippen LogP contribution is -2.34. The maximum Gasteiger partial charge on any atom is 0.129 e. The highest BCUT2D eigenvalue weighted by molar-refractivity contribution is 5.43. The Kier molecular flexibility index (Phi) is 4.49. The van der Waals surface area contributed by atoms with Crippen LogP contribution in [0.5, 0.6) is 11.5 Å². The van der Waals surface area contributed by atoms with Gasteiger partial charge in [-0.2, -0.15) is 0 Å². The molecule has 4 heteroatoms. The third-order valence-corrected chi connectivity index (χ3v) is 3.94. The molecule has 1 aromatic carbocycles. The molecule has 0 spiro atoms. The van der Waals surface area contributed by atoms with E-state index >= 15 is 0 Å². The number of ether oxygens (including phenoxy) is 3. The van der Waals surface area contributed by atoms with E-state index in [4.69, 9.17) is 14.2 Å². The van der Waals surface area contributed by atoms with Gasteiger partial charge in [-0.25, -0.2) is 0 Å². The third-order valence-electron chi connectivity index (χ3n) is 3.94. The van der Waals surface area contributed by atoms with Crippen LogP contribution >= 0.6 is 0 Å². The van der Waals surface area contributed by atoms with Crippen molar-refractivity contribution in [3.63, 3.8) is 0 Å². The molecule has 1 aliphatic rings. The van der Waals surface area contributed by atoms with Gasteiger partial charge < -0.3 is 19.3 Å². The quantitative estimate of drug-likeness (QED) is 0.903. The Morgan fingerprint density at radius 3 is 2.76 bits per heavy atom. The van der Waals surface area contributed by atoms with Crippen molar-refractivity contribution in [3.8, 4) is 11.5 Å². The first-order chi connectivity index (χ1) is 9.72. The predicted octanol–water partition coefficient (Wildman–Crippen LogP) is 3.48. The fraction of sp³-hybridized carbons (Fsp3) is 0.647. The Labute approximate surface area is 127 Å². The molecule has 118 valence electrons. The van der Waals surface area contributed by atoms with Crippen molar-refractivity contribution >= 4 is 0 Å². The number of aliphatic hydroxyl groups excluding tert-OH is 1. The van der Waals surface area contributed by atoms with Crippen molar-refractivity contribution in [2.45, 2.75) is 57.8 Å². The van der Waals surface area contributed by atoms with Gasteiger partial charge in [0.05, 0.1) is 18.3 Å². The second kappa shape index (κ2) is 5.85. The van der Waals surface area contributed by atoms with Gasteiger partial charge in [-0.3, -0.25) is 0 Å². The van der Waals surface area contributed by atoms with E-state index in [1.807, 2.05) is 45.9 Å². The lowest BCUT2D eigenvalue weighted by Gasteiger charge is -2.35. The van der Waals surface area contributed by atoms with Crippen LogP contribution in [-0.2, 0) is 4.74 Å². The third kappa shape index (κ3) is 4.11. The number of aliphatic hydroxyl groups is 1. The van der Waals surface area contributed by atoms with Gasteiger partial charge in [-0.1, -0.05) is 0 Å². The molecule has 0 aromatic heterocycles. The van der Waals surface area contributed by atoms with Crippen molar-refractivity contribution in [2.24, 2.45) is 0 Å². The van der Waals surface area contributed by atoms with Gasteiger partial charge in [0.1, 0.15) is 17.1 Å². The molecule has 0 saturated heterocycles. The Bertz CT molecular complexity index is 494. The highest BCUT2D eigenvalue weighted by Crippen LogP contribution is 2.41. The average Bonchev–Trinajstić information content (AvgIpc) is 2.36. The van der Waals surface area contributed by atoms with Gasteiger partial charge in [0, 0.05) is 31.6 Å². The first-order valence-electron chi connectivity index (χ1n) is 7.41. The molecular weight excluding hydrogens is 268 g/mol. The van der Waals surface area contributed by atoms with E-state index in [1.54, 1.807) is 7.11 Å². The molecule has 0 aliphatic carbocycles. The summed E-state index contributed by atoms with van der Waals surface area (Å²) in [5, 5.41) is 10.2. The Morgan fingerprint density at radius 2 is 2.10 bits per heavy atom. The van der Waals surface area contributed by atoms with Crippen molar-refractivity contribution < 1.29 is 19.3 Å². The number of hydrogen-bond donors (Lipinski definition) is 1. The summed E-state index contributed by atoms with van der Waals surface area (Å²) in [4.78, 5) is 0. The van der Waals surface area contributed by atoms with Crippen LogP contribution in [0.2, 0.25) is 0 Å². The standard InChI is InChI=1S/C17H26O4/c1-16(2,19-5)8-9-20-12-6-7-13-14(18)11-17(3,4)21-15(13)10-12/h6-7,10,14,18H,8-9,11H2,1-5H3. The summed E-state index contributed by atoms with van der Waals surface area (Å²) in [6, 6.07) is 5.62. The van der Waals surface area contributed by atoms with Gasteiger partial charge in [0.25, 0.3) is 0 Å². The van der Waals surface area contributed by atoms with Crippen LogP contribution in [0.3, 0.4) is 0 Å². The highest BCUT2D eigenvalue weighted by Gasteiger charge is 2.32. The molecule has 1 unspecified atom stereocenters. The zero-order valence-electron chi connectivity index (χ0n) is 13.6. The van der Waals surface area contributed by atoms with Crippen LogP contribution in [0.25, 0.3) is 0 Å². The lowest BCUT2D eigenvalue weighted by atomic mass is 9.92. The predicted molar refractivity (Wildman–Crippen MR) is 81.9 cm³/mol. The van der Waals surface area contributed by atoms with Crippen LogP contribution in [0.15, 0.2) is 18.2 Å². The molecule has 1 aliphatic heterocycles. The Balaban J connectivity index is 2.04. The molecule has 2 rings (SSSR count). The SMILES string of the molecule is COC(C)(C)CCOc1ccc2c(c1)OC(C)(C)CC2O. The topological polar surface area (TPSA) is 47.9 Å². The monoisotopic (exact) mass is 294 g/mol. The van der Waals surface area contributed by atoms with Crippen molar-refractivity contribution in [1.29, 1.82) is 0 Å². The summed E-state index contributed by atoms with van der Waals surface area (Å²) in [6.07, 6.45) is 0.919. The fourth-order valence-corrected chi connectivity index (χ4v) is 2.40. The molecule has 1 aromatic rings. The smallest absolute Gasteiger partial charge is 0.129 e. The van der Waals surface area contributed by atoms with Gasteiger partial charge in [-0.05, 0) is 39.8 Å². The maximum absolute atomic E-state index is 10.2. The first kappa shape index (κ1) is 16.1. The van der Waals surface area contributed by atoms with Gasteiger partial charge >= 0.3 is 0 Å². The summed E-state index contributed by atoms with van der Waals surface area (Å²) in [6.45, 7) is 8.60. The van der Waals surface area contributed by atoms with Gasteiger partial charge in [-0.15, -0.1) is 0 Å². The lowest BCUT2D eigenvalue weighted by molar-refractivity contribution is 0.00493. The molecule has 4 nitrogen and oxygen atoms in total. The minimum Gasteiger partial charge on any atom is -0.493 e. The van der Waals surface area contributed by atoms with Crippen molar-refractivity contribution in [1.82, 2.24) is 0 Å². The number of benzene rings is 1. The summed E-state index contributed by atoms with van der Waals surface area (Å²) in [5.74, 6) is 1.47. The molecule has 0 radical (unpaired) electrons. The number of fused-ring (bicyclic) bond motifs is 1. The van der Waals surface area contributed by atoms with Crippen molar-refractivity contribution in [3.05, 3.63) is 23.8 Å². The highest BCUT2D eigenvalue weighted by atomic mass is 16.5. The maximum atomic E-state index is 10.2. The van der Waals surface area contributed by atoms with E-state index < -0.39 is 6.10 Å². The minimum atomic E-state index is -0.481. The first-order valence-corrected chi connectivity index (χ1v) is 7.41. The number of hydrogen-bond acceptors (Lipinski definition) is 4. The number of rotatable bonds is 5. The van der Waals surface area contributed by atoms with E-state index in [2.05, 4.69) is 0 Å². The fourth-order valence-electron chi connectivity index (χ4n) is 2.40. The normalized spacial score (nSPS) is 20.6.